The minimum atomic E-state index is -4.84. The van der Waals surface area contributed by atoms with E-state index in [9.17, 15) is 22.4 Å². The van der Waals surface area contributed by atoms with Gasteiger partial charge in [0.25, 0.3) is 5.91 Å². The third-order valence-corrected chi connectivity index (χ3v) is 4.78. The lowest BCUT2D eigenvalue weighted by atomic mass is 10.1. The van der Waals surface area contributed by atoms with Crippen molar-refractivity contribution in [3.8, 4) is 0 Å². The van der Waals surface area contributed by atoms with Crippen molar-refractivity contribution in [3.05, 3.63) is 94.8 Å². The number of nitrogens with two attached hydrogens (primary N) is 1. The minimum absolute atomic E-state index is 0.0382. The van der Waals surface area contributed by atoms with E-state index in [1.807, 2.05) is 0 Å². The Morgan fingerprint density at radius 1 is 0.970 bits per heavy atom. The third kappa shape index (κ3) is 6.11. The van der Waals surface area contributed by atoms with Crippen molar-refractivity contribution in [2.45, 2.75) is 6.18 Å². The molecule has 1 amide bonds. The zero-order chi connectivity index (χ0) is 24.2. The number of nitrogen functional groups attached to an aromatic ring is 1. The molecule has 0 saturated carbocycles. The molecule has 0 saturated heterocycles. The van der Waals surface area contributed by atoms with Crippen molar-refractivity contribution < 1.29 is 22.4 Å². The van der Waals surface area contributed by atoms with Crippen LogP contribution in [0.1, 0.15) is 15.9 Å². The van der Waals surface area contributed by atoms with E-state index in [0.29, 0.717) is 11.8 Å². The Balaban J connectivity index is 1.87. The van der Waals surface area contributed by atoms with Crippen molar-refractivity contribution >= 4 is 46.0 Å². The minimum Gasteiger partial charge on any atom is -0.396 e. The summed E-state index contributed by atoms with van der Waals surface area (Å²) >= 11 is 6.10. The maximum Gasteiger partial charge on any atom is 0.432 e. The highest BCUT2D eigenvalue weighted by atomic mass is 35.5. The van der Waals surface area contributed by atoms with Crippen LogP contribution in [0.5, 0.6) is 0 Å². The normalized spacial score (nSPS) is 11.7. The molecule has 3 rings (SSSR count). The van der Waals surface area contributed by atoms with Gasteiger partial charge in [-0.25, -0.2) is 4.39 Å². The number of rotatable bonds is 6. The van der Waals surface area contributed by atoms with Crippen molar-refractivity contribution in [2.75, 3.05) is 16.4 Å². The van der Waals surface area contributed by atoms with Gasteiger partial charge in [-0.3, -0.25) is 10.2 Å². The Kier molecular flexibility index (Phi) is 7.03. The number of halogens is 5. The molecule has 0 aliphatic rings. The van der Waals surface area contributed by atoms with E-state index in [-0.39, 0.29) is 33.2 Å². The summed E-state index contributed by atoms with van der Waals surface area (Å²) in [6, 6.07) is 15.8. The fraction of sp³-hybridized carbons (Fsp3) is 0.0435. The lowest BCUT2D eigenvalue weighted by molar-refractivity contribution is -0.0583. The van der Waals surface area contributed by atoms with Gasteiger partial charge < -0.3 is 16.4 Å². The monoisotopic (exact) mass is 476 g/mol. The highest BCUT2D eigenvalue weighted by Gasteiger charge is 2.33. The Labute approximate surface area is 191 Å². The van der Waals surface area contributed by atoms with E-state index in [1.165, 1.54) is 36.4 Å². The van der Waals surface area contributed by atoms with Gasteiger partial charge in [-0.15, -0.1) is 0 Å². The Hall–Kier alpha value is -3.85. The zero-order valence-corrected chi connectivity index (χ0v) is 17.6. The topological polar surface area (TPSA) is 91.0 Å². The average Bonchev–Trinajstić information content (AvgIpc) is 2.76. The fourth-order valence-electron chi connectivity index (χ4n) is 2.75. The molecule has 0 fully saturated rings. The largest absolute Gasteiger partial charge is 0.432 e. The molecule has 0 aromatic heterocycles. The van der Waals surface area contributed by atoms with Crippen molar-refractivity contribution in [3.63, 3.8) is 0 Å². The number of hydrogen-bond acceptors (Lipinski definition) is 4. The van der Waals surface area contributed by atoms with Crippen molar-refractivity contribution in [1.82, 2.24) is 0 Å². The molecule has 3 aromatic rings. The van der Waals surface area contributed by atoms with Gasteiger partial charge in [-0.1, -0.05) is 35.9 Å². The number of benzene rings is 3. The van der Waals surface area contributed by atoms with Crippen LogP contribution in [0.2, 0.25) is 5.02 Å². The third-order valence-electron chi connectivity index (χ3n) is 4.45. The first-order valence-corrected chi connectivity index (χ1v) is 9.78. The van der Waals surface area contributed by atoms with Crippen LogP contribution in [0.25, 0.3) is 5.70 Å². The second kappa shape index (κ2) is 9.74. The molecule has 0 spiro atoms. The van der Waals surface area contributed by atoms with Crippen LogP contribution in [0.4, 0.5) is 34.6 Å². The van der Waals surface area contributed by atoms with Gasteiger partial charge in [-0.05, 0) is 54.1 Å². The quantitative estimate of drug-likeness (QED) is 0.190. The highest BCUT2D eigenvalue weighted by molar-refractivity contribution is 6.33. The van der Waals surface area contributed by atoms with E-state index in [1.54, 1.807) is 24.3 Å². The number of anilines is 3. The number of allylic oxidation sites excluding steroid dienone is 1. The summed E-state index contributed by atoms with van der Waals surface area (Å²) in [5.41, 5.74) is 4.86. The Morgan fingerprint density at radius 3 is 2.21 bits per heavy atom. The highest BCUT2D eigenvalue weighted by Crippen LogP contribution is 2.27. The van der Waals surface area contributed by atoms with Crippen LogP contribution in [-0.2, 0) is 0 Å². The first-order valence-electron chi connectivity index (χ1n) is 9.40. The van der Waals surface area contributed by atoms with E-state index in [4.69, 9.17) is 22.7 Å². The van der Waals surface area contributed by atoms with E-state index in [2.05, 4.69) is 10.6 Å². The molecule has 0 aliphatic carbocycles. The zero-order valence-electron chi connectivity index (χ0n) is 16.8. The number of hydrogen-bond donors (Lipinski definition) is 4. The maximum absolute atomic E-state index is 13.3. The summed E-state index contributed by atoms with van der Waals surface area (Å²) in [5, 5.41) is 13.0. The molecule has 5 nitrogen and oxygen atoms in total. The number of carbonyl (C=O) groups is 1. The number of para-hydroxylation sites is 1. The molecule has 0 radical (unpaired) electrons. The second-order valence-corrected chi connectivity index (χ2v) is 7.25. The average molecular weight is 477 g/mol. The maximum atomic E-state index is 13.3. The van der Waals surface area contributed by atoms with Crippen LogP contribution in [0.3, 0.4) is 0 Å². The molecule has 0 bridgehead atoms. The predicted molar refractivity (Wildman–Crippen MR) is 122 cm³/mol. The molecule has 3 aromatic carbocycles. The first kappa shape index (κ1) is 23.8. The molecule has 0 unspecified atom stereocenters. The van der Waals surface area contributed by atoms with Gasteiger partial charge >= 0.3 is 6.18 Å². The van der Waals surface area contributed by atoms with Gasteiger partial charge in [0.15, 0.2) is 0 Å². The summed E-state index contributed by atoms with van der Waals surface area (Å²) in [6.45, 7) is 0. The fourth-order valence-corrected chi connectivity index (χ4v) is 2.93. The van der Waals surface area contributed by atoms with Crippen molar-refractivity contribution in [1.29, 1.82) is 5.41 Å². The summed E-state index contributed by atoms with van der Waals surface area (Å²) in [5.74, 6) is -1.15. The van der Waals surface area contributed by atoms with E-state index < -0.39 is 23.6 Å². The Bertz CT molecular complexity index is 1220. The van der Waals surface area contributed by atoms with Crippen LogP contribution in [0.15, 0.2) is 72.8 Å². The van der Waals surface area contributed by atoms with E-state index >= 15 is 0 Å². The number of amides is 1. The molecule has 0 atom stereocenters. The van der Waals surface area contributed by atoms with Gasteiger partial charge in [0.05, 0.1) is 16.4 Å². The predicted octanol–water partition coefficient (Wildman–Crippen LogP) is 6.35. The lowest BCUT2D eigenvalue weighted by Crippen LogP contribution is -2.20. The van der Waals surface area contributed by atoms with Gasteiger partial charge in [-0.2, -0.15) is 13.2 Å². The van der Waals surface area contributed by atoms with Crippen LogP contribution >= 0.6 is 11.6 Å². The number of carbonyl (C=O) groups excluding carboxylic acids is 1. The number of alkyl halides is 3. The summed E-state index contributed by atoms with van der Waals surface area (Å²) in [7, 11) is 0. The SMILES string of the molecule is N=C(/C=C(\Nc1ccccc1Cl)c1ccc(C(=O)Nc2ccc(F)c(N)c2)cc1)C(F)(F)F. The second-order valence-electron chi connectivity index (χ2n) is 6.84. The first-order chi connectivity index (χ1) is 15.5. The number of nitrogens with one attached hydrogen (secondary N) is 3. The van der Waals surface area contributed by atoms with Gasteiger partial charge in [0.2, 0.25) is 0 Å². The molecule has 10 heteroatoms. The molecular formula is C23H17ClF4N4O. The summed E-state index contributed by atoms with van der Waals surface area (Å²) in [4.78, 5) is 12.5. The molecular weight excluding hydrogens is 460 g/mol. The van der Waals surface area contributed by atoms with Gasteiger partial charge in [0, 0.05) is 16.9 Å². The van der Waals surface area contributed by atoms with Gasteiger partial charge in [0.1, 0.15) is 11.5 Å². The lowest BCUT2D eigenvalue weighted by Gasteiger charge is -2.15. The molecule has 0 heterocycles. The van der Waals surface area contributed by atoms with E-state index in [0.717, 1.165) is 6.07 Å². The molecule has 0 aliphatic heterocycles. The van der Waals surface area contributed by atoms with Crippen LogP contribution < -0.4 is 16.4 Å². The van der Waals surface area contributed by atoms with Crippen LogP contribution in [-0.4, -0.2) is 17.8 Å². The van der Waals surface area contributed by atoms with Crippen LogP contribution in [0, 0.1) is 11.2 Å². The Morgan fingerprint density at radius 2 is 1.61 bits per heavy atom. The smallest absolute Gasteiger partial charge is 0.396 e. The summed E-state index contributed by atoms with van der Waals surface area (Å²) in [6.07, 6.45) is -4.20. The molecule has 170 valence electrons. The van der Waals surface area contributed by atoms with Crippen molar-refractivity contribution in [2.24, 2.45) is 0 Å². The standard InChI is InChI=1S/C23H17ClF4N4O/c24-16-3-1-2-4-19(16)32-20(12-21(30)23(26,27)28)13-5-7-14(8-6-13)22(33)31-15-9-10-17(25)18(29)11-15/h1-12,30,32H,29H2,(H,31,33)/b20-12-,30-21?. The summed E-state index contributed by atoms with van der Waals surface area (Å²) < 4.78 is 52.2. The molecule has 5 N–H and O–H groups in total. The molecule has 33 heavy (non-hydrogen) atoms.